The van der Waals surface area contributed by atoms with E-state index < -0.39 is 5.41 Å². The molecule has 29 heavy (non-hydrogen) atoms. The average molecular weight is 461 g/mol. The molecule has 0 aromatic heterocycles. The summed E-state index contributed by atoms with van der Waals surface area (Å²) in [5.41, 5.74) is 0.0425. The minimum absolute atomic E-state index is 0.00236. The molecular formula is C23H35Cl2NO2S. The van der Waals surface area contributed by atoms with Crippen LogP contribution in [0.1, 0.15) is 74.1 Å². The fourth-order valence-corrected chi connectivity index (χ4v) is 3.97. The fourth-order valence-electron chi connectivity index (χ4n) is 2.67. The van der Waals surface area contributed by atoms with Crippen LogP contribution in [0.15, 0.2) is 17.0 Å². The average Bonchev–Trinajstić information content (AvgIpc) is 2.57. The van der Waals surface area contributed by atoms with Gasteiger partial charge in [0, 0.05) is 16.2 Å². The number of anilines is 1. The molecule has 0 saturated carbocycles. The molecule has 1 aromatic carbocycles. The van der Waals surface area contributed by atoms with Crippen LogP contribution in [-0.2, 0) is 9.59 Å². The van der Waals surface area contributed by atoms with E-state index in [1.807, 2.05) is 20.8 Å². The lowest BCUT2D eigenvalue weighted by Crippen LogP contribution is -2.24. The minimum Gasteiger partial charge on any atom is -0.325 e. The molecule has 1 N–H and O–H groups in total. The number of nitrogens with one attached hydrogen (secondary N) is 1. The first-order valence-corrected chi connectivity index (χ1v) is 11.9. The minimum atomic E-state index is -0.505. The van der Waals surface area contributed by atoms with Crippen LogP contribution < -0.4 is 5.32 Å². The van der Waals surface area contributed by atoms with Crippen molar-refractivity contribution in [2.45, 2.75) is 79.0 Å². The molecule has 0 aliphatic carbocycles. The third kappa shape index (κ3) is 9.31. The number of hydrogen-bond acceptors (Lipinski definition) is 3. The van der Waals surface area contributed by atoms with Gasteiger partial charge in [-0.05, 0) is 48.6 Å². The molecule has 0 spiro atoms. The van der Waals surface area contributed by atoms with Crippen LogP contribution in [0.2, 0.25) is 10.0 Å². The van der Waals surface area contributed by atoms with E-state index in [2.05, 4.69) is 33.0 Å². The SMILES string of the molecule is CC(C)CCC(CCC(C)C)C(=O)Nc1cc(Cl)c(Cl)cc1SC(=O)C(C)(C)C. The highest BCUT2D eigenvalue weighted by Gasteiger charge is 2.26. The third-order valence-corrected chi connectivity index (χ3v) is 6.73. The smallest absolute Gasteiger partial charge is 0.227 e. The van der Waals surface area contributed by atoms with Crippen LogP contribution in [-0.4, -0.2) is 11.0 Å². The molecule has 0 atom stereocenters. The molecule has 3 nitrogen and oxygen atoms in total. The van der Waals surface area contributed by atoms with E-state index in [0.717, 1.165) is 37.4 Å². The maximum Gasteiger partial charge on any atom is 0.227 e. The van der Waals surface area contributed by atoms with Gasteiger partial charge in [0.05, 0.1) is 15.7 Å². The zero-order valence-corrected chi connectivity index (χ0v) is 21.0. The molecule has 1 amide bonds. The second kappa shape index (κ2) is 11.6. The van der Waals surface area contributed by atoms with Crippen LogP contribution in [0.5, 0.6) is 0 Å². The number of rotatable bonds is 9. The van der Waals surface area contributed by atoms with Gasteiger partial charge >= 0.3 is 0 Å². The van der Waals surface area contributed by atoms with Gasteiger partial charge in [-0.3, -0.25) is 9.59 Å². The van der Waals surface area contributed by atoms with Crippen LogP contribution in [0.25, 0.3) is 0 Å². The molecule has 6 heteroatoms. The summed E-state index contributed by atoms with van der Waals surface area (Å²) in [6.07, 6.45) is 3.70. The summed E-state index contributed by atoms with van der Waals surface area (Å²) < 4.78 is 0. The monoisotopic (exact) mass is 459 g/mol. The van der Waals surface area contributed by atoms with Crippen molar-refractivity contribution in [3.05, 3.63) is 22.2 Å². The Labute approximate surface area is 190 Å². The van der Waals surface area contributed by atoms with E-state index in [4.69, 9.17) is 23.2 Å². The van der Waals surface area contributed by atoms with Gasteiger partial charge in [0.1, 0.15) is 0 Å². The summed E-state index contributed by atoms with van der Waals surface area (Å²) in [4.78, 5) is 26.2. The summed E-state index contributed by atoms with van der Waals surface area (Å²) in [6.45, 7) is 14.3. The molecule has 0 unspecified atom stereocenters. The Hall–Kier alpha value is -0.710. The number of amides is 1. The number of carbonyl (C=O) groups excluding carboxylic acids is 2. The Morgan fingerprint density at radius 3 is 1.86 bits per heavy atom. The summed E-state index contributed by atoms with van der Waals surface area (Å²) in [6, 6.07) is 3.30. The molecule has 1 aromatic rings. The van der Waals surface area contributed by atoms with Crippen molar-refractivity contribution in [3.63, 3.8) is 0 Å². The first kappa shape index (κ1) is 26.3. The lowest BCUT2D eigenvalue weighted by atomic mass is 9.90. The molecule has 0 bridgehead atoms. The lowest BCUT2D eigenvalue weighted by Gasteiger charge is -2.21. The predicted octanol–water partition coefficient (Wildman–Crippen LogP) is 8.09. The van der Waals surface area contributed by atoms with Crippen molar-refractivity contribution in [1.29, 1.82) is 0 Å². The summed E-state index contributed by atoms with van der Waals surface area (Å²) in [7, 11) is 0. The van der Waals surface area contributed by atoms with Crippen LogP contribution >= 0.6 is 35.0 Å². The molecule has 0 heterocycles. The van der Waals surface area contributed by atoms with Gasteiger partial charge in [-0.1, -0.05) is 84.5 Å². The van der Waals surface area contributed by atoms with E-state index in [1.54, 1.807) is 12.1 Å². The molecule has 164 valence electrons. The number of carbonyl (C=O) groups is 2. The normalized spacial score (nSPS) is 12.1. The Kier molecular flexibility index (Phi) is 10.5. The van der Waals surface area contributed by atoms with Crippen molar-refractivity contribution in [2.75, 3.05) is 5.32 Å². The van der Waals surface area contributed by atoms with Crippen molar-refractivity contribution in [1.82, 2.24) is 0 Å². The summed E-state index contributed by atoms with van der Waals surface area (Å²) >= 11 is 13.5. The predicted molar refractivity (Wildman–Crippen MR) is 127 cm³/mol. The van der Waals surface area contributed by atoms with Crippen molar-refractivity contribution >= 4 is 51.7 Å². The van der Waals surface area contributed by atoms with Gasteiger partial charge in [0.2, 0.25) is 5.91 Å². The van der Waals surface area contributed by atoms with Crippen LogP contribution in [0, 0.1) is 23.2 Å². The van der Waals surface area contributed by atoms with Crippen molar-refractivity contribution < 1.29 is 9.59 Å². The number of halogens is 2. The molecule has 0 aliphatic heterocycles. The topological polar surface area (TPSA) is 46.2 Å². The van der Waals surface area contributed by atoms with E-state index in [-0.39, 0.29) is 16.9 Å². The summed E-state index contributed by atoms with van der Waals surface area (Å²) in [5.74, 6) is 1.01. The van der Waals surface area contributed by atoms with E-state index in [9.17, 15) is 9.59 Å². The molecule has 0 saturated heterocycles. The van der Waals surface area contributed by atoms with E-state index in [0.29, 0.717) is 32.5 Å². The molecule has 0 radical (unpaired) electrons. The van der Waals surface area contributed by atoms with E-state index >= 15 is 0 Å². The summed E-state index contributed by atoms with van der Waals surface area (Å²) in [5, 5.41) is 3.75. The zero-order chi connectivity index (χ0) is 22.4. The van der Waals surface area contributed by atoms with Crippen molar-refractivity contribution in [2.24, 2.45) is 23.2 Å². The standard InChI is InChI=1S/C23H35Cl2NO2S/c1-14(2)8-10-16(11-9-15(3)4)21(27)26-19-12-17(24)18(25)13-20(19)29-22(28)23(5,6)7/h12-16H,8-11H2,1-7H3,(H,26,27). The molecule has 0 aliphatic rings. The Balaban J connectivity index is 3.08. The van der Waals surface area contributed by atoms with Gasteiger partial charge in [0.25, 0.3) is 0 Å². The molecule has 1 rings (SSSR count). The number of thioether (sulfide) groups is 1. The highest BCUT2D eigenvalue weighted by Crippen LogP contribution is 2.39. The highest BCUT2D eigenvalue weighted by molar-refractivity contribution is 8.13. The lowest BCUT2D eigenvalue weighted by molar-refractivity contribution is -0.120. The molecular weight excluding hydrogens is 425 g/mol. The first-order valence-electron chi connectivity index (χ1n) is 10.3. The Morgan fingerprint density at radius 2 is 1.41 bits per heavy atom. The largest absolute Gasteiger partial charge is 0.325 e. The Bertz CT molecular complexity index is 700. The van der Waals surface area contributed by atoms with Crippen molar-refractivity contribution in [3.8, 4) is 0 Å². The number of hydrogen-bond donors (Lipinski definition) is 1. The van der Waals surface area contributed by atoms with Gasteiger partial charge in [0.15, 0.2) is 5.12 Å². The van der Waals surface area contributed by atoms with Gasteiger partial charge in [-0.15, -0.1) is 0 Å². The maximum absolute atomic E-state index is 13.1. The molecule has 0 fully saturated rings. The fraction of sp³-hybridized carbons (Fsp3) is 0.652. The Morgan fingerprint density at radius 1 is 0.931 bits per heavy atom. The third-order valence-electron chi connectivity index (χ3n) is 4.65. The number of benzene rings is 1. The quantitative estimate of drug-likeness (QED) is 0.379. The van der Waals surface area contributed by atoms with Gasteiger partial charge in [-0.2, -0.15) is 0 Å². The second-order valence-electron chi connectivity index (χ2n) is 9.53. The first-order chi connectivity index (χ1) is 13.3. The highest BCUT2D eigenvalue weighted by atomic mass is 35.5. The maximum atomic E-state index is 13.1. The van der Waals surface area contributed by atoms with E-state index in [1.165, 1.54) is 0 Å². The van der Waals surface area contributed by atoms with Crippen LogP contribution in [0.3, 0.4) is 0 Å². The zero-order valence-electron chi connectivity index (χ0n) is 18.7. The van der Waals surface area contributed by atoms with Crippen LogP contribution in [0.4, 0.5) is 5.69 Å². The second-order valence-corrected chi connectivity index (χ2v) is 11.4. The van der Waals surface area contributed by atoms with Gasteiger partial charge in [-0.25, -0.2) is 0 Å². The van der Waals surface area contributed by atoms with Gasteiger partial charge < -0.3 is 5.32 Å².